The van der Waals surface area contributed by atoms with Crippen LogP contribution < -0.4 is 5.32 Å². The minimum Gasteiger partial charge on any atom is -0.508 e. The zero-order valence-corrected chi connectivity index (χ0v) is 13.7. The van der Waals surface area contributed by atoms with Crippen LogP contribution in [0.3, 0.4) is 0 Å². The molecule has 2 nitrogen and oxygen atoms in total. The van der Waals surface area contributed by atoms with Gasteiger partial charge in [0.15, 0.2) is 0 Å². The molecule has 0 aromatic heterocycles. The Morgan fingerprint density at radius 3 is 2.60 bits per heavy atom. The van der Waals surface area contributed by atoms with Crippen LogP contribution in [0.25, 0.3) is 0 Å². The molecule has 2 aromatic carbocycles. The summed E-state index contributed by atoms with van der Waals surface area (Å²) in [5.74, 6) is 1.33. The van der Waals surface area contributed by atoms with E-state index < -0.39 is 0 Å². The molecule has 1 atom stereocenters. The molecular formula is C16H18BrNOS. The van der Waals surface area contributed by atoms with Crippen LogP contribution in [-0.2, 0) is 6.42 Å². The molecule has 1 unspecified atom stereocenters. The highest BCUT2D eigenvalue weighted by Crippen LogP contribution is 2.22. The molecule has 0 fully saturated rings. The van der Waals surface area contributed by atoms with E-state index in [-0.39, 0.29) is 0 Å². The first-order valence-corrected chi connectivity index (χ1v) is 8.29. The van der Waals surface area contributed by atoms with Crippen LogP contribution >= 0.6 is 27.7 Å². The van der Waals surface area contributed by atoms with Crippen LogP contribution in [0, 0.1) is 0 Å². The molecule has 0 saturated carbocycles. The molecule has 20 heavy (non-hydrogen) atoms. The van der Waals surface area contributed by atoms with Crippen molar-refractivity contribution in [2.24, 2.45) is 0 Å². The van der Waals surface area contributed by atoms with Crippen LogP contribution in [0.2, 0.25) is 0 Å². The second-order valence-corrected chi connectivity index (χ2v) is 6.63. The number of likely N-dealkylation sites (N-methyl/N-ethyl adjacent to an activating group) is 1. The maximum atomic E-state index is 9.50. The summed E-state index contributed by atoms with van der Waals surface area (Å²) < 4.78 is 1.10. The van der Waals surface area contributed by atoms with Gasteiger partial charge in [0.1, 0.15) is 5.75 Å². The first kappa shape index (κ1) is 15.4. The zero-order chi connectivity index (χ0) is 14.4. The minimum atomic E-state index is 0.331. The van der Waals surface area contributed by atoms with Gasteiger partial charge >= 0.3 is 0 Å². The second kappa shape index (κ2) is 7.72. The van der Waals surface area contributed by atoms with Crippen molar-refractivity contribution in [3.05, 3.63) is 58.6 Å². The lowest BCUT2D eigenvalue weighted by atomic mass is 10.1. The predicted molar refractivity (Wildman–Crippen MR) is 89.5 cm³/mol. The van der Waals surface area contributed by atoms with Crippen molar-refractivity contribution in [2.75, 3.05) is 12.8 Å². The van der Waals surface area contributed by atoms with E-state index in [2.05, 4.69) is 45.5 Å². The number of hydrogen-bond donors (Lipinski definition) is 2. The van der Waals surface area contributed by atoms with Crippen molar-refractivity contribution < 1.29 is 5.11 Å². The summed E-state index contributed by atoms with van der Waals surface area (Å²) in [6.07, 6.45) is 0.911. The maximum Gasteiger partial charge on any atom is 0.115 e. The van der Waals surface area contributed by atoms with E-state index in [4.69, 9.17) is 0 Å². The topological polar surface area (TPSA) is 32.3 Å². The Morgan fingerprint density at radius 1 is 1.20 bits per heavy atom. The molecule has 2 rings (SSSR count). The van der Waals surface area contributed by atoms with Gasteiger partial charge in [-0.05, 0) is 55.4 Å². The highest BCUT2D eigenvalue weighted by molar-refractivity contribution is 9.10. The molecule has 0 radical (unpaired) electrons. The molecule has 2 N–H and O–H groups in total. The van der Waals surface area contributed by atoms with Crippen molar-refractivity contribution in [3.8, 4) is 5.75 Å². The monoisotopic (exact) mass is 351 g/mol. The highest BCUT2D eigenvalue weighted by atomic mass is 79.9. The Bertz CT molecular complexity index is 544. The van der Waals surface area contributed by atoms with Gasteiger partial charge in [-0.15, -0.1) is 11.8 Å². The first-order chi connectivity index (χ1) is 9.67. The Labute approximate surface area is 132 Å². The molecule has 0 saturated heterocycles. The van der Waals surface area contributed by atoms with Crippen molar-refractivity contribution in [1.82, 2.24) is 5.32 Å². The fraction of sp³-hybridized carbons (Fsp3) is 0.250. The van der Waals surface area contributed by atoms with Crippen molar-refractivity contribution in [3.63, 3.8) is 0 Å². The fourth-order valence-corrected chi connectivity index (χ4v) is 3.21. The number of rotatable bonds is 6. The van der Waals surface area contributed by atoms with Gasteiger partial charge in [0.2, 0.25) is 0 Å². The van der Waals surface area contributed by atoms with E-state index in [1.165, 1.54) is 4.90 Å². The largest absolute Gasteiger partial charge is 0.508 e. The average Bonchev–Trinajstić information content (AvgIpc) is 2.45. The van der Waals surface area contributed by atoms with E-state index in [0.29, 0.717) is 11.8 Å². The second-order valence-electron chi connectivity index (χ2n) is 4.62. The van der Waals surface area contributed by atoms with Crippen molar-refractivity contribution in [2.45, 2.75) is 17.4 Å². The summed E-state index contributed by atoms with van der Waals surface area (Å²) in [5, 5.41) is 12.8. The Morgan fingerprint density at radius 2 is 1.95 bits per heavy atom. The summed E-state index contributed by atoms with van der Waals surface area (Å²) in [6, 6.07) is 16.2. The number of nitrogens with one attached hydrogen (secondary N) is 1. The van der Waals surface area contributed by atoms with Crippen LogP contribution in [0.5, 0.6) is 5.75 Å². The van der Waals surface area contributed by atoms with E-state index in [9.17, 15) is 5.11 Å². The number of hydrogen-bond acceptors (Lipinski definition) is 3. The predicted octanol–water partition coefficient (Wildman–Crippen LogP) is 4.08. The lowest BCUT2D eigenvalue weighted by Crippen LogP contribution is -2.30. The summed E-state index contributed by atoms with van der Waals surface area (Å²) in [7, 11) is 1.98. The SMILES string of the molecule is CNC(CSc1ccc(Br)cc1)Cc1cccc(O)c1. The van der Waals surface area contributed by atoms with E-state index >= 15 is 0 Å². The number of phenols is 1. The van der Waals surface area contributed by atoms with Crippen LogP contribution in [-0.4, -0.2) is 23.9 Å². The third-order valence-corrected chi connectivity index (χ3v) is 4.77. The van der Waals surface area contributed by atoms with Crippen LogP contribution in [0.4, 0.5) is 0 Å². The number of benzene rings is 2. The molecule has 0 spiro atoms. The number of halogens is 1. The van der Waals surface area contributed by atoms with Gasteiger partial charge in [0.25, 0.3) is 0 Å². The van der Waals surface area contributed by atoms with Gasteiger partial charge in [-0.2, -0.15) is 0 Å². The van der Waals surface area contributed by atoms with Gasteiger partial charge < -0.3 is 10.4 Å². The Hall–Kier alpha value is -0.970. The first-order valence-electron chi connectivity index (χ1n) is 6.51. The van der Waals surface area contributed by atoms with Gasteiger partial charge in [-0.1, -0.05) is 28.1 Å². The quantitative estimate of drug-likeness (QED) is 0.769. The van der Waals surface area contributed by atoms with Crippen molar-refractivity contribution in [1.29, 1.82) is 0 Å². The zero-order valence-electron chi connectivity index (χ0n) is 11.3. The standard InChI is InChI=1S/C16H18BrNOS/c1-18-14(9-12-3-2-4-15(19)10-12)11-20-16-7-5-13(17)6-8-16/h2-8,10,14,18-19H,9,11H2,1H3. The fourth-order valence-electron chi connectivity index (χ4n) is 1.94. The summed E-state index contributed by atoms with van der Waals surface area (Å²) in [5.41, 5.74) is 1.15. The summed E-state index contributed by atoms with van der Waals surface area (Å²) in [4.78, 5) is 1.27. The van der Waals surface area contributed by atoms with E-state index in [0.717, 1.165) is 22.2 Å². The molecular weight excluding hydrogens is 334 g/mol. The molecule has 0 heterocycles. The Balaban J connectivity index is 1.90. The lowest BCUT2D eigenvalue weighted by molar-refractivity contribution is 0.474. The normalized spacial score (nSPS) is 12.3. The van der Waals surface area contributed by atoms with Crippen LogP contribution in [0.1, 0.15) is 5.56 Å². The molecule has 0 aliphatic heterocycles. The maximum absolute atomic E-state index is 9.50. The van der Waals surface area contributed by atoms with E-state index in [1.807, 2.05) is 37.0 Å². The minimum absolute atomic E-state index is 0.331. The number of thioether (sulfide) groups is 1. The molecule has 0 amide bonds. The summed E-state index contributed by atoms with van der Waals surface area (Å²) in [6.45, 7) is 0. The molecule has 4 heteroatoms. The third kappa shape index (κ3) is 4.85. The van der Waals surface area contributed by atoms with Crippen LogP contribution in [0.15, 0.2) is 57.9 Å². The van der Waals surface area contributed by atoms with Gasteiger partial charge in [-0.3, -0.25) is 0 Å². The number of aromatic hydroxyl groups is 1. The van der Waals surface area contributed by atoms with Gasteiger partial charge in [-0.25, -0.2) is 0 Å². The Kier molecular flexibility index (Phi) is 5.95. The van der Waals surface area contributed by atoms with Gasteiger partial charge in [0.05, 0.1) is 0 Å². The molecule has 0 aliphatic carbocycles. The third-order valence-electron chi connectivity index (χ3n) is 3.07. The molecule has 0 bridgehead atoms. The highest BCUT2D eigenvalue weighted by Gasteiger charge is 2.08. The smallest absolute Gasteiger partial charge is 0.115 e. The molecule has 106 valence electrons. The van der Waals surface area contributed by atoms with Gasteiger partial charge in [0, 0.05) is 21.2 Å². The summed E-state index contributed by atoms with van der Waals surface area (Å²) >= 11 is 5.28. The molecule has 2 aromatic rings. The van der Waals surface area contributed by atoms with Crippen molar-refractivity contribution >= 4 is 27.7 Å². The lowest BCUT2D eigenvalue weighted by Gasteiger charge is -2.16. The number of phenolic OH excluding ortho intramolecular Hbond substituents is 1. The average molecular weight is 352 g/mol. The van der Waals surface area contributed by atoms with E-state index in [1.54, 1.807) is 6.07 Å². The molecule has 0 aliphatic rings.